The SMILES string of the molecule is Cc1nc(NC(=O)C2CCCCCCC2)sc1S(N)(=O)=O. The highest BCUT2D eigenvalue weighted by Crippen LogP contribution is 2.28. The Hall–Kier alpha value is -0.990. The summed E-state index contributed by atoms with van der Waals surface area (Å²) in [5.74, 6) is -0.0703. The van der Waals surface area contributed by atoms with Crippen LogP contribution in [0.25, 0.3) is 0 Å². The Morgan fingerprint density at radius 2 is 1.81 bits per heavy atom. The van der Waals surface area contributed by atoms with Gasteiger partial charge in [-0.1, -0.05) is 43.4 Å². The van der Waals surface area contributed by atoms with Crippen LogP contribution in [0.2, 0.25) is 0 Å². The zero-order valence-electron chi connectivity index (χ0n) is 12.1. The monoisotopic (exact) mass is 331 g/mol. The number of primary sulfonamides is 1. The Kier molecular flexibility index (Phi) is 5.34. The van der Waals surface area contributed by atoms with Gasteiger partial charge in [-0.05, 0) is 19.8 Å². The van der Waals surface area contributed by atoms with Crippen molar-refractivity contribution in [1.82, 2.24) is 4.98 Å². The Morgan fingerprint density at radius 3 is 2.33 bits per heavy atom. The third-order valence-corrected chi connectivity index (χ3v) is 6.35. The van der Waals surface area contributed by atoms with Gasteiger partial charge >= 0.3 is 0 Å². The van der Waals surface area contributed by atoms with E-state index in [0.29, 0.717) is 10.8 Å². The van der Waals surface area contributed by atoms with E-state index in [2.05, 4.69) is 10.3 Å². The Morgan fingerprint density at radius 1 is 1.24 bits per heavy atom. The van der Waals surface area contributed by atoms with E-state index in [-0.39, 0.29) is 16.0 Å². The number of nitrogens with one attached hydrogen (secondary N) is 1. The molecule has 1 aromatic heterocycles. The zero-order valence-corrected chi connectivity index (χ0v) is 13.7. The molecule has 1 amide bonds. The maximum Gasteiger partial charge on any atom is 0.249 e. The van der Waals surface area contributed by atoms with Crippen LogP contribution in [0, 0.1) is 12.8 Å². The van der Waals surface area contributed by atoms with E-state index in [1.54, 1.807) is 6.92 Å². The third-order valence-electron chi connectivity index (χ3n) is 3.72. The van der Waals surface area contributed by atoms with Crippen molar-refractivity contribution in [3.8, 4) is 0 Å². The zero-order chi connectivity index (χ0) is 15.5. The molecule has 1 aliphatic rings. The van der Waals surface area contributed by atoms with Gasteiger partial charge in [-0.25, -0.2) is 18.5 Å². The molecule has 0 saturated heterocycles. The average Bonchev–Trinajstić information content (AvgIpc) is 2.69. The average molecular weight is 331 g/mol. The number of hydrogen-bond acceptors (Lipinski definition) is 5. The number of carbonyl (C=O) groups excluding carboxylic acids is 1. The van der Waals surface area contributed by atoms with Gasteiger partial charge in [0, 0.05) is 5.92 Å². The van der Waals surface area contributed by atoms with E-state index in [0.717, 1.165) is 37.0 Å². The molecule has 2 rings (SSSR count). The largest absolute Gasteiger partial charge is 0.302 e. The highest BCUT2D eigenvalue weighted by molar-refractivity contribution is 7.91. The number of carbonyl (C=O) groups is 1. The molecule has 0 spiro atoms. The quantitative estimate of drug-likeness (QED) is 0.887. The van der Waals surface area contributed by atoms with Crippen LogP contribution in [0.1, 0.15) is 50.6 Å². The first kappa shape index (κ1) is 16.4. The van der Waals surface area contributed by atoms with Crippen molar-refractivity contribution in [1.29, 1.82) is 0 Å². The summed E-state index contributed by atoms with van der Waals surface area (Å²) in [6.07, 6.45) is 7.51. The molecule has 0 bridgehead atoms. The molecule has 0 aromatic carbocycles. The minimum atomic E-state index is -3.78. The summed E-state index contributed by atoms with van der Waals surface area (Å²) in [5, 5.41) is 8.16. The van der Waals surface area contributed by atoms with E-state index >= 15 is 0 Å². The molecule has 1 aromatic rings. The maximum atomic E-state index is 12.3. The summed E-state index contributed by atoms with van der Waals surface area (Å²) in [6, 6.07) is 0. The molecule has 3 N–H and O–H groups in total. The van der Waals surface area contributed by atoms with Crippen molar-refractivity contribution >= 4 is 32.4 Å². The van der Waals surface area contributed by atoms with Crippen LogP contribution in [0.5, 0.6) is 0 Å². The topological polar surface area (TPSA) is 102 Å². The first-order valence-corrected chi connectivity index (χ1v) is 9.55. The minimum absolute atomic E-state index is 0.00700. The Labute approximate surface area is 129 Å². The van der Waals surface area contributed by atoms with Crippen molar-refractivity contribution in [3.63, 3.8) is 0 Å². The summed E-state index contributed by atoms with van der Waals surface area (Å²) in [4.78, 5) is 16.4. The van der Waals surface area contributed by atoms with Gasteiger partial charge in [0.1, 0.15) is 0 Å². The minimum Gasteiger partial charge on any atom is -0.302 e. The maximum absolute atomic E-state index is 12.3. The fraction of sp³-hybridized carbons (Fsp3) is 0.692. The number of anilines is 1. The van der Waals surface area contributed by atoms with Gasteiger partial charge in [0.2, 0.25) is 15.9 Å². The first-order valence-electron chi connectivity index (χ1n) is 7.19. The number of sulfonamides is 1. The van der Waals surface area contributed by atoms with Gasteiger partial charge in [-0.3, -0.25) is 4.79 Å². The third kappa shape index (κ3) is 4.49. The number of nitrogens with two attached hydrogens (primary N) is 1. The van der Waals surface area contributed by atoms with Crippen molar-refractivity contribution in [3.05, 3.63) is 5.69 Å². The number of rotatable bonds is 3. The molecule has 8 heteroatoms. The van der Waals surface area contributed by atoms with E-state index < -0.39 is 10.0 Å². The predicted molar refractivity (Wildman–Crippen MR) is 82.7 cm³/mol. The standard InChI is InChI=1S/C13H21N3O3S2/c1-9-12(21(14,18)19)20-13(15-9)16-11(17)10-7-5-3-2-4-6-8-10/h10H,2-8H2,1H3,(H2,14,18,19)(H,15,16,17). The molecule has 0 atom stereocenters. The number of amides is 1. The molecule has 1 heterocycles. The van der Waals surface area contributed by atoms with E-state index in [4.69, 9.17) is 5.14 Å². The van der Waals surface area contributed by atoms with Crippen molar-refractivity contribution in [2.24, 2.45) is 11.1 Å². The number of thiazole rings is 1. The van der Waals surface area contributed by atoms with Crippen LogP contribution < -0.4 is 10.5 Å². The van der Waals surface area contributed by atoms with Crippen LogP contribution in [-0.4, -0.2) is 19.3 Å². The molecular formula is C13H21N3O3S2. The molecule has 1 saturated carbocycles. The van der Waals surface area contributed by atoms with E-state index in [9.17, 15) is 13.2 Å². The second-order valence-corrected chi connectivity index (χ2v) is 8.22. The van der Waals surface area contributed by atoms with Gasteiger partial charge in [0.25, 0.3) is 0 Å². The van der Waals surface area contributed by atoms with Crippen molar-refractivity contribution in [2.45, 2.75) is 56.1 Å². The summed E-state index contributed by atoms with van der Waals surface area (Å²) < 4.78 is 22.8. The fourth-order valence-electron chi connectivity index (χ4n) is 2.63. The molecule has 1 fully saturated rings. The molecule has 0 aliphatic heterocycles. The summed E-state index contributed by atoms with van der Waals surface area (Å²) >= 11 is 0.912. The number of nitrogens with zero attached hydrogens (tertiary/aromatic N) is 1. The fourth-order valence-corrected chi connectivity index (χ4v) is 4.49. The van der Waals surface area contributed by atoms with E-state index in [1.165, 1.54) is 19.3 Å². The molecule has 0 unspecified atom stereocenters. The normalized spacial score (nSPS) is 18.0. The van der Waals surface area contributed by atoms with Crippen molar-refractivity contribution in [2.75, 3.05) is 5.32 Å². The Balaban J connectivity index is 2.05. The second-order valence-electron chi connectivity index (χ2n) is 5.47. The Bertz CT molecular complexity index is 602. The molecule has 1 aliphatic carbocycles. The van der Waals surface area contributed by atoms with Crippen LogP contribution in [0.15, 0.2) is 4.21 Å². The van der Waals surface area contributed by atoms with Crippen LogP contribution in [0.3, 0.4) is 0 Å². The number of aromatic nitrogens is 1. The highest BCUT2D eigenvalue weighted by atomic mass is 32.2. The van der Waals surface area contributed by atoms with Crippen LogP contribution >= 0.6 is 11.3 Å². The van der Waals surface area contributed by atoms with Gasteiger partial charge in [-0.15, -0.1) is 0 Å². The lowest BCUT2D eigenvalue weighted by Crippen LogP contribution is -2.23. The summed E-state index contributed by atoms with van der Waals surface area (Å²) in [6.45, 7) is 1.57. The molecular weight excluding hydrogens is 310 g/mol. The van der Waals surface area contributed by atoms with Gasteiger partial charge < -0.3 is 5.32 Å². The summed E-state index contributed by atoms with van der Waals surface area (Å²) in [7, 11) is -3.78. The lowest BCUT2D eigenvalue weighted by Gasteiger charge is -2.18. The van der Waals surface area contributed by atoms with Crippen LogP contribution in [0.4, 0.5) is 5.13 Å². The molecule has 6 nitrogen and oxygen atoms in total. The lowest BCUT2D eigenvalue weighted by molar-refractivity contribution is -0.120. The number of aryl methyl sites for hydroxylation is 1. The van der Waals surface area contributed by atoms with Crippen LogP contribution in [-0.2, 0) is 14.8 Å². The van der Waals surface area contributed by atoms with Crippen molar-refractivity contribution < 1.29 is 13.2 Å². The second kappa shape index (κ2) is 6.85. The first-order chi connectivity index (χ1) is 9.88. The van der Waals surface area contributed by atoms with Gasteiger partial charge in [0.05, 0.1) is 5.69 Å². The molecule has 0 radical (unpaired) electrons. The van der Waals surface area contributed by atoms with E-state index in [1.807, 2.05) is 0 Å². The smallest absolute Gasteiger partial charge is 0.249 e. The van der Waals surface area contributed by atoms with Gasteiger partial charge in [0.15, 0.2) is 9.34 Å². The number of hydrogen-bond donors (Lipinski definition) is 2. The summed E-state index contributed by atoms with van der Waals surface area (Å²) in [5.41, 5.74) is 0.329. The van der Waals surface area contributed by atoms with Gasteiger partial charge in [-0.2, -0.15) is 0 Å². The predicted octanol–water partition coefficient (Wildman–Crippen LogP) is 2.40. The molecule has 21 heavy (non-hydrogen) atoms. The lowest BCUT2D eigenvalue weighted by atomic mass is 9.90. The molecule has 118 valence electrons. The highest BCUT2D eigenvalue weighted by Gasteiger charge is 2.23.